The van der Waals surface area contributed by atoms with Crippen molar-refractivity contribution in [3.05, 3.63) is 21.5 Å². The molecule has 0 fully saturated rings. The Hall–Kier alpha value is -1.45. The van der Waals surface area contributed by atoms with Crippen LogP contribution in [0.15, 0.2) is 10.4 Å². The number of hydrogen-bond donors (Lipinski definition) is 1. The third-order valence-corrected chi connectivity index (χ3v) is 5.88. The zero-order valence-electron chi connectivity index (χ0n) is 13.0. The molecular formula is C14H17N3O3S3. The molecule has 6 nitrogen and oxygen atoms in total. The van der Waals surface area contributed by atoms with Crippen LogP contribution in [0.3, 0.4) is 0 Å². The average molecular weight is 372 g/mol. The number of aryl methyl sites for hydroxylation is 2. The molecular weight excluding hydrogens is 354 g/mol. The van der Waals surface area contributed by atoms with Gasteiger partial charge in [-0.05, 0) is 26.3 Å². The number of anilines is 1. The SMILES string of the molecule is CCOC(=O)c1cc(CC)sc1NC(=O)CSc1nnc(C)s1. The van der Waals surface area contributed by atoms with Gasteiger partial charge >= 0.3 is 5.97 Å². The Morgan fingerprint density at radius 2 is 2.09 bits per heavy atom. The topological polar surface area (TPSA) is 81.2 Å². The monoisotopic (exact) mass is 371 g/mol. The van der Waals surface area contributed by atoms with Crippen molar-refractivity contribution in [1.82, 2.24) is 10.2 Å². The van der Waals surface area contributed by atoms with E-state index in [1.807, 2.05) is 13.8 Å². The van der Waals surface area contributed by atoms with Crippen LogP contribution >= 0.6 is 34.4 Å². The van der Waals surface area contributed by atoms with Crippen LogP contribution < -0.4 is 5.32 Å². The van der Waals surface area contributed by atoms with Crippen LogP contribution in [0, 0.1) is 6.92 Å². The number of esters is 1. The number of ether oxygens (including phenoxy) is 1. The molecule has 23 heavy (non-hydrogen) atoms. The number of nitrogens with one attached hydrogen (secondary N) is 1. The predicted molar refractivity (Wildman–Crippen MR) is 93.7 cm³/mol. The minimum atomic E-state index is -0.411. The fraction of sp³-hybridized carbons (Fsp3) is 0.429. The van der Waals surface area contributed by atoms with Crippen LogP contribution in [-0.4, -0.2) is 34.4 Å². The molecule has 0 aliphatic heterocycles. The zero-order chi connectivity index (χ0) is 16.8. The van der Waals surface area contributed by atoms with E-state index in [4.69, 9.17) is 4.74 Å². The maximum atomic E-state index is 12.1. The van der Waals surface area contributed by atoms with Gasteiger partial charge in [0.2, 0.25) is 5.91 Å². The Labute approximate surface area is 146 Å². The van der Waals surface area contributed by atoms with Crippen molar-refractivity contribution in [2.24, 2.45) is 0 Å². The smallest absolute Gasteiger partial charge is 0.341 e. The molecule has 0 radical (unpaired) electrons. The highest BCUT2D eigenvalue weighted by Gasteiger charge is 2.18. The number of amides is 1. The summed E-state index contributed by atoms with van der Waals surface area (Å²) in [5.41, 5.74) is 0.416. The molecule has 0 aliphatic carbocycles. The van der Waals surface area contributed by atoms with Gasteiger partial charge < -0.3 is 10.1 Å². The summed E-state index contributed by atoms with van der Waals surface area (Å²) >= 11 is 4.18. The fourth-order valence-electron chi connectivity index (χ4n) is 1.70. The number of nitrogens with zero attached hydrogens (tertiary/aromatic N) is 2. The highest BCUT2D eigenvalue weighted by molar-refractivity contribution is 8.01. The molecule has 0 unspecified atom stereocenters. The van der Waals surface area contributed by atoms with Gasteiger partial charge in [0.15, 0.2) is 4.34 Å². The summed E-state index contributed by atoms with van der Waals surface area (Å²) in [5.74, 6) is -0.375. The third kappa shape index (κ3) is 5.02. The standard InChI is InChI=1S/C14H17N3O3S3/c1-4-9-6-10(13(19)20-5-2)12(23-9)15-11(18)7-21-14-17-16-8(3)22-14/h6H,4-5,7H2,1-3H3,(H,15,18). The first-order valence-electron chi connectivity index (χ1n) is 7.06. The van der Waals surface area contributed by atoms with Crippen molar-refractivity contribution in [2.75, 3.05) is 17.7 Å². The van der Waals surface area contributed by atoms with Crippen LogP contribution in [0.25, 0.3) is 0 Å². The minimum Gasteiger partial charge on any atom is -0.462 e. The van der Waals surface area contributed by atoms with Crippen LogP contribution in [0.1, 0.15) is 34.1 Å². The predicted octanol–water partition coefficient (Wildman–Crippen LogP) is 3.38. The highest BCUT2D eigenvalue weighted by Crippen LogP contribution is 2.30. The van der Waals surface area contributed by atoms with E-state index in [1.54, 1.807) is 13.0 Å². The van der Waals surface area contributed by atoms with E-state index in [9.17, 15) is 9.59 Å². The lowest BCUT2D eigenvalue weighted by Gasteiger charge is -2.05. The number of thioether (sulfide) groups is 1. The molecule has 0 aromatic carbocycles. The molecule has 2 aromatic rings. The Kier molecular flexibility index (Phi) is 6.55. The summed E-state index contributed by atoms with van der Waals surface area (Å²) in [6.07, 6.45) is 0.797. The number of aromatic nitrogens is 2. The van der Waals surface area contributed by atoms with Crippen molar-refractivity contribution in [1.29, 1.82) is 0 Å². The molecule has 0 saturated heterocycles. The number of carbonyl (C=O) groups excluding carboxylic acids is 2. The second kappa shape index (κ2) is 8.42. The molecule has 0 atom stereocenters. The van der Waals surface area contributed by atoms with E-state index in [0.717, 1.165) is 20.6 Å². The normalized spacial score (nSPS) is 10.6. The Balaban J connectivity index is 2.01. The second-order valence-electron chi connectivity index (χ2n) is 4.45. The molecule has 1 N–H and O–H groups in total. The number of hydrogen-bond acceptors (Lipinski definition) is 8. The Bertz CT molecular complexity index is 696. The van der Waals surface area contributed by atoms with Gasteiger partial charge in [-0.2, -0.15) is 0 Å². The average Bonchev–Trinajstić information content (AvgIpc) is 3.11. The van der Waals surface area contributed by atoms with Gasteiger partial charge in [0.25, 0.3) is 0 Å². The lowest BCUT2D eigenvalue weighted by Crippen LogP contribution is -2.15. The molecule has 0 aliphatic rings. The molecule has 9 heteroatoms. The quantitative estimate of drug-likeness (QED) is 0.593. The minimum absolute atomic E-state index is 0.182. The van der Waals surface area contributed by atoms with Gasteiger partial charge in [-0.3, -0.25) is 4.79 Å². The third-order valence-electron chi connectivity index (χ3n) is 2.71. The second-order valence-corrected chi connectivity index (χ2v) is 7.99. The van der Waals surface area contributed by atoms with E-state index in [-0.39, 0.29) is 11.7 Å². The number of carbonyl (C=O) groups is 2. The Morgan fingerprint density at radius 3 is 2.70 bits per heavy atom. The van der Waals surface area contributed by atoms with Gasteiger partial charge in [0.1, 0.15) is 10.0 Å². The van der Waals surface area contributed by atoms with Gasteiger partial charge in [-0.25, -0.2) is 4.79 Å². The molecule has 2 heterocycles. The molecule has 0 spiro atoms. The van der Waals surface area contributed by atoms with Crippen LogP contribution in [0.2, 0.25) is 0 Å². The fourth-order valence-corrected chi connectivity index (χ4v) is 4.31. The van der Waals surface area contributed by atoms with Crippen molar-refractivity contribution >= 4 is 51.3 Å². The first-order valence-corrected chi connectivity index (χ1v) is 9.67. The molecule has 2 aromatic heterocycles. The maximum absolute atomic E-state index is 12.1. The lowest BCUT2D eigenvalue weighted by atomic mass is 10.2. The lowest BCUT2D eigenvalue weighted by molar-refractivity contribution is -0.113. The van der Waals surface area contributed by atoms with Gasteiger partial charge in [0, 0.05) is 4.88 Å². The summed E-state index contributed by atoms with van der Waals surface area (Å²) in [4.78, 5) is 25.1. The van der Waals surface area contributed by atoms with Gasteiger partial charge in [0.05, 0.1) is 17.9 Å². The maximum Gasteiger partial charge on any atom is 0.341 e. The molecule has 0 saturated carbocycles. The number of rotatable bonds is 7. The zero-order valence-corrected chi connectivity index (χ0v) is 15.5. The number of thiophene rings is 1. The summed E-state index contributed by atoms with van der Waals surface area (Å²) < 4.78 is 5.79. The van der Waals surface area contributed by atoms with Gasteiger partial charge in [-0.15, -0.1) is 21.5 Å². The van der Waals surface area contributed by atoms with Crippen molar-refractivity contribution in [3.8, 4) is 0 Å². The van der Waals surface area contributed by atoms with Gasteiger partial charge in [-0.1, -0.05) is 30.0 Å². The molecule has 1 amide bonds. The van der Waals surface area contributed by atoms with Crippen LogP contribution in [0.5, 0.6) is 0 Å². The first kappa shape index (κ1) is 17.9. The first-order chi connectivity index (χ1) is 11.0. The summed E-state index contributed by atoms with van der Waals surface area (Å²) in [5, 5.41) is 12.1. The van der Waals surface area contributed by atoms with E-state index in [0.29, 0.717) is 17.2 Å². The van der Waals surface area contributed by atoms with E-state index < -0.39 is 5.97 Å². The Morgan fingerprint density at radius 1 is 1.30 bits per heavy atom. The van der Waals surface area contributed by atoms with Crippen molar-refractivity contribution in [3.63, 3.8) is 0 Å². The largest absolute Gasteiger partial charge is 0.462 e. The highest BCUT2D eigenvalue weighted by atomic mass is 32.2. The van der Waals surface area contributed by atoms with Crippen molar-refractivity contribution in [2.45, 2.75) is 31.5 Å². The molecule has 124 valence electrons. The van der Waals surface area contributed by atoms with Crippen LogP contribution in [0.4, 0.5) is 5.00 Å². The van der Waals surface area contributed by atoms with Crippen LogP contribution in [-0.2, 0) is 16.0 Å². The molecule has 0 bridgehead atoms. The summed E-state index contributed by atoms with van der Waals surface area (Å²) in [6, 6.07) is 1.78. The molecule has 2 rings (SSSR count). The summed E-state index contributed by atoms with van der Waals surface area (Å²) in [7, 11) is 0. The summed E-state index contributed by atoms with van der Waals surface area (Å²) in [6.45, 7) is 5.92. The van der Waals surface area contributed by atoms with E-state index >= 15 is 0 Å². The van der Waals surface area contributed by atoms with Crippen molar-refractivity contribution < 1.29 is 14.3 Å². The van der Waals surface area contributed by atoms with E-state index in [1.165, 1.54) is 34.4 Å². The van der Waals surface area contributed by atoms with E-state index in [2.05, 4.69) is 15.5 Å².